The van der Waals surface area contributed by atoms with Gasteiger partial charge in [-0.15, -0.1) is 0 Å². The Hall–Kier alpha value is -1.17. The molecule has 0 aromatic heterocycles. The smallest absolute Gasteiger partial charge is 0.240 e. The Labute approximate surface area is 53.6 Å². The van der Waals surface area contributed by atoms with E-state index in [4.69, 9.17) is 5.73 Å². The normalized spacial score (nSPS) is 23.3. The highest BCUT2D eigenvalue weighted by molar-refractivity contribution is 5.80. The Morgan fingerprint density at radius 2 is 2.56 bits per heavy atom. The molecule has 0 saturated carbocycles. The Balaban J connectivity index is 2.48. The van der Waals surface area contributed by atoms with E-state index >= 15 is 0 Å². The van der Waals surface area contributed by atoms with Crippen molar-refractivity contribution < 1.29 is 4.79 Å². The number of nitrogens with two attached hydrogens (primary N) is 1. The third kappa shape index (κ3) is 1.36. The minimum Gasteiger partial charge on any atom is -0.368 e. The Bertz CT molecular complexity index is 177. The Morgan fingerprint density at radius 1 is 1.78 bits per heavy atom. The zero-order valence-electron chi connectivity index (χ0n) is 4.98. The van der Waals surface area contributed by atoms with Gasteiger partial charge in [0.25, 0.3) is 0 Å². The fourth-order valence-electron chi connectivity index (χ4n) is 0.703. The van der Waals surface area contributed by atoms with Crippen LogP contribution in [0.4, 0.5) is 0 Å². The van der Waals surface area contributed by atoms with Gasteiger partial charge in [0.1, 0.15) is 6.04 Å². The molecule has 0 aromatic rings. The standard InChI is InChI=1S/C6H8N2O/c7-6(9)5-3-1-2-4-8-5/h5,8H,1,3H2,(H2,7,9)/t5-/m1/s1. The SMILES string of the molecule is NC(=O)[C@H]1CCC#CN1. The summed E-state index contributed by atoms with van der Waals surface area (Å²) in [4.78, 5) is 10.4. The van der Waals surface area contributed by atoms with Gasteiger partial charge in [0.05, 0.1) is 0 Å². The van der Waals surface area contributed by atoms with Gasteiger partial charge in [-0.05, 0) is 6.42 Å². The summed E-state index contributed by atoms with van der Waals surface area (Å²) in [5.74, 6) is 2.48. The van der Waals surface area contributed by atoms with Crippen molar-refractivity contribution in [1.29, 1.82) is 0 Å². The zero-order valence-corrected chi connectivity index (χ0v) is 4.98. The highest BCUT2D eigenvalue weighted by Crippen LogP contribution is 1.97. The molecule has 1 rings (SSSR count). The van der Waals surface area contributed by atoms with Crippen LogP contribution >= 0.6 is 0 Å². The predicted octanol–water partition coefficient (Wildman–Crippen LogP) is -0.815. The molecule has 1 aliphatic rings. The van der Waals surface area contributed by atoms with Gasteiger partial charge in [0.2, 0.25) is 5.91 Å². The van der Waals surface area contributed by atoms with Crippen LogP contribution in [0.2, 0.25) is 0 Å². The molecule has 9 heavy (non-hydrogen) atoms. The topological polar surface area (TPSA) is 55.1 Å². The molecule has 0 aromatic carbocycles. The van der Waals surface area contributed by atoms with E-state index in [0.717, 1.165) is 12.8 Å². The Morgan fingerprint density at radius 3 is 2.89 bits per heavy atom. The number of carbonyl (C=O) groups excluding carboxylic acids is 1. The van der Waals surface area contributed by atoms with Crippen LogP contribution in [0, 0.1) is 12.0 Å². The van der Waals surface area contributed by atoms with Crippen molar-refractivity contribution in [3.8, 4) is 12.0 Å². The van der Waals surface area contributed by atoms with E-state index < -0.39 is 0 Å². The number of primary amides is 1. The van der Waals surface area contributed by atoms with Gasteiger partial charge in [-0.2, -0.15) is 0 Å². The third-order valence-corrected chi connectivity index (χ3v) is 1.24. The van der Waals surface area contributed by atoms with Crippen molar-refractivity contribution in [3.05, 3.63) is 0 Å². The first kappa shape index (κ1) is 5.96. The number of rotatable bonds is 1. The van der Waals surface area contributed by atoms with E-state index in [1.165, 1.54) is 0 Å². The molecule has 0 saturated heterocycles. The summed E-state index contributed by atoms with van der Waals surface area (Å²) in [6, 6.07) is 2.38. The van der Waals surface area contributed by atoms with Gasteiger partial charge in [-0.1, -0.05) is 5.92 Å². The van der Waals surface area contributed by atoms with Crippen LogP contribution in [0.5, 0.6) is 0 Å². The molecule has 1 aliphatic heterocycles. The molecule has 48 valence electrons. The third-order valence-electron chi connectivity index (χ3n) is 1.24. The average molecular weight is 124 g/mol. The minimum atomic E-state index is -0.316. The first-order chi connectivity index (χ1) is 4.30. The summed E-state index contributed by atoms with van der Waals surface area (Å²) in [6.45, 7) is 0. The Kier molecular flexibility index (Phi) is 1.59. The molecule has 1 amide bonds. The average Bonchev–Trinajstić information content (AvgIpc) is 1.90. The van der Waals surface area contributed by atoms with E-state index in [9.17, 15) is 4.79 Å². The van der Waals surface area contributed by atoms with Crippen LogP contribution in [-0.2, 0) is 4.79 Å². The van der Waals surface area contributed by atoms with E-state index in [2.05, 4.69) is 17.3 Å². The minimum absolute atomic E-state index is 0.230. The van der Waals surface area contributed by atoms with Crippen LogP contribution in [-0.4, -0.2) is 11.9 Å². The van der Waals surface area contributed by atoms with Gasteiger partial charge >= 0.3 is 0 Å². The lowest BCUT2D eigenvalue weighted by atomic mass is 10.1. The molecule has 3 N–H and O–H groups in total. The van der Waals surface area contributed by atoms with Crippen molar-refractivity contribution in [1.82, 2.24) is 5.32 Å². The number of hydrogen-bond acceptors (Lipinski definition) is 2. The number of nitrogens with one attached hydrogen (secondary N) is 1. The van der Waals surface area contributed by atoms with Crippen molar-refractivity contribution in [2.75, 3.05) is 0 Å². The van der Waals surface area contributed by atoms with Gasteiger partial charge in [0.15, 0.2) is 0 Å². The largest absolute Gasteiger partial charge is 0.368 e. The van der Waals surface area contributed by atoms with Crippen molar-refractivity contribution in [2.24, 2.45) is 5.73 Å². The second-order valence-corrected chi connectivity index (χ2v) is 1.94. The molecule has 1 atom stereocenters. The van der Waals surface area contributed by atoms with Crippen LogP contribution in [0.1, 0.15) is 12.8 Å². The van der Waals surface area contributed by atoms with Crippen LogP contribution in [0.3, 0.4) is 0 Å². The molecule has 1 heterocycles. The quantitative estimate of drug-likeness (QED) is 0.449. The summed E-state index contributed by atoms with van der Waals surface area (Å²) >= 11 is 0. The van der Waals surface area contributed by atoms with E-state index in [-0.39, 0.29) is 11.9 Å². The summed E-state index contributed by atoms with van der Waals surface area (Å²) in [5.41, 5.74) is 5.00. The zero-order chi connectivity index (χ0) is 6.69. The molecule has 0 fully saturated rings. The highest BCUT2D eigenvalue weighted by atomic mass is 16.1. The van der Waals surface area contributed by atoms with E-state index in [1.54, 1.807) is 0 Å². The second kappa shape index (κ2) is 2.40. The van der Waals surface area contributed by atoms with Crippen LogP contribution in [0.25, 0.3) is 0 Å². The fraction of sp³-hybridized carbons (Fsp3) is 0.500. The molecular formula is C6H8N2O. The summed E-state index contributed by atoms with van der Waals surface area (Å²) in [6.07, 6.45) is 1.50. The first-order valence-electron chi connectivity index (χ1n) is 2.83. The van der Waals surface area contributed by atoms with Crippen molar-refractivity contribution >= 4 is 5.91 Å². The lowest BCUT2D eigenvalue weighted by molar-refractivity contribution is -0.119. The number of hydrogen-bond donors (Lipinski definition) is 2. The van der Waals surface area contributed by atoms with Gasteiger partial charge in [-0.25, -0.2) is 0 Å². The second-order valence-electron chi connectivity index (χ2n) is 1.94. The maximum Gasteiger partial charge on any atom is 0.240 e. The highest BCUT2D eigenvalue weighted by Gasteiger charge is 2.13. The monoisotopic (exact) mass is 124 g/mol. The molecule has 0 bridgehead atoms. The molecule has 0 aliphatic carbocycles. The molecule has 3 heteroatoms. The van der Waals surface area contributed by atoms with Crippen LogP contribution in [0.15, 0.2) is 0 Å². The van der Waals surface area contributed by atoms with Crippen molar-refractivity contribution in [2.45, 2.75) is 18.9 Å². The summed E-state index contributed by atoms with van der Waals surface area (Å²) in [5, 5.41) is 2.68. The van der Waals surface area contributed by atoms with Gasteiger partial charge in [-0.3, -0.25) is 4.79 Å². The molecule has 0 spiro atoms. The fourth-order valence-corrected chi connectivity index (χ4v) is 0.703. The van der Waals surface area contributed by atoms with Crippen LogP contribution < -0.4 is 11.1 Å². The first-order valence-corrected chi connectivity index (χ1v) is 2.83. The number of carbonyl (C=O) groups is 1. The lowest BCUT2D eigenvalue weighted by Crippen LogP contribution is -2.39. The summed E-state index contributed by atoms with van der Waals surface area (Å²) < 4.78 is 0. The molecule has 0 unspecified atom stereocenters. The van der Waals surface area contributed by atoms with Gasteiger partial charge in [0, 0.05) is 12.5 Å². The van der Waals surface area contributed by atoms with E-state index in [0.29, 0.717) is 0 Å². The van der Waals surface area contributed by atoms with E-state index in [1.807, 2.05) is 0 Å². The van der Waals surface area contributed by atoms with Gasteiger partial charge < -0.3 is 11.1 Å². The molecule has 0 radical (unpaired) electrons. The molecule has 3 nitrogen and oxygen atoms in total. The number of amides is 1. The van der Waals surface area contributed by atoms with Crippen molar-refractivity contribution in [3.63, 3.8) is 0 Å². The summed E-state index contributed by atoms with van der Waals surface area (Å²) in [7, 11) is 0. The molecular weight excluding hydrogens is 116 g/mol. The predicted molar refractivity (Wildman–Crippen MR) is 33.1 cm³/mol. The maximum absolute atomic E-state index is 10.4. The lowest BCUT2D eigenvalue weighted by Gasteiger charge is -2.12. The maximum atomic E-state index is 10.4.